The van der Waals surface area contributed by atoms with Crippen LogP contribution >= 0.6 is 0 Å². The number of carboxylic acid groups (broad SMARTS) is 1. The molecule has 1 amide bonds. The van der Waals surface area contributed by atoms with Crippen molar-refractivity contribution in [2.75, 3.05) is 6.54 Å². The number of hydrogen-bond acceptors (Lipinski definition) is 4. The highest BCUT2D eigenvalue weighted by Gasteiger charge is 2.29. The van der Waals surface area contributed by atoms with Gasteiger partial charge in [-0.15, -0.1) is 0 Å². The fourth-order valence-electron chi connectivity index (χ4n) is 2.97. The Bertz CT molecular complexity index is 598. The first-order chi connectivity index (χ1) is 10.3. The number of carbonyl (C=O) groups excluding carboxylic acids is 1. The molecule has 6 heteroatoms. The molecule has 3 N–H and O–H groups in total. The summed E-state index contributed by atoms with van der Waals surface area (Å²) in [6.07, 6.45) is 0.766. The summed E-state index contributed by atoms with van der Waals surface area (Å²) in [5.41, 5.74) is 1.74. The van der Waals surface area contributed by atoms with Gasteiger partial charge in [0, 0.05) is 19.4 Å². The Balaban J connectivity index is 2.12. The molecule has 1 aliphatic rings. The molecule has 22 heavy (non-hydrogen) atoms. The molecule has 0 saturated carbocycles. The highest BCUT2D eigenvalue weighted by Crippen LogP contribution is 2.37. The van der Waals surface area contributed by atoms with Gasteiger partial charge in [-0.3, -0.25) is 9.59 Å². The van der Waals surface area contributed by atoms with E-state index in [0.29, 0.717) is 13.0 Å². The van der Waals surface area contributed by atoms with Crippen LogP contribution in [0.5, 0.6) is 11.5 Å². The Labute approximate surface area is 129 Å². The molecule has 1 aromatic rings. The first-order valence-electron chi connectivity index (χ1n) is 7.35. The lowest BCUT2D eigenvalue weighted by molar-refractivity contribution is -0.139. The number of fused-ring (bicyclic) bond motifs is 1. The second kappa shape index (κ2) is 6.25. The minimum atomic E-state index is -0.905. The van der Waals surface area contributed by atoms with Crippen molar-refractivity contribution < 1.29 is 24.9 Å². The Hall–Kier alpha value is -2.24. The van der Waals surface area contributed by atoms with Gasteiger partial charge in [-0.1, -0.05) is 6.92 Å². The molecule has 0 bridgehead atoms. The lowest BCUT2D eigenvalue weighted by Gasteiger charge is -2.36. The quantitative estimate of drug-likeness (QED) is 0.739. The van der Waals surface area contributed by atoms with E-state index in [-0.39, 0.29) is 42.2 Å². The van der Waals surface area contributed by atoms with Crippen molar-refractivity contribution >= 4 is 11.9 Å². The molecule has 1 aromatic carbocycles. The average Bonchev–Trinajstić information content (AvgIpc) is 2.40. The summed E-state index contributed by atoms with van der Waals surface area (Å²) in [6, 6.07) is 2.82. The van der Waals surface area contributed by atoms with Gasteiger partial charge >= 0.3 is 5.97 Å². The van der Waals surface area contributed by atoms with Gasteiger partial charge in [0.1, 0.15) is 0 Å². The van der Waals surface area contributed by atoms with Crippen LogP contribution in [0.2, 0.25) is 0 Å². The second-order valence-corrected chi connectivity index (χ2v) is 5.96. The molecule has 0 spiro atoms. The molecular weight excluding hydrogens is 286 g/mol. The number of amides is 1. The summed E-state index contributed by atoms with van der Waals surface area (Å²) < 4.78 is 0. The summed E-state index contributed by atoms with van der Waals surface area (Å²) in [5.74, 6) is -1.55. The lowest BCUT2D eigenvalue weighted by atomic mass is 9.92. The van der Waals surface area contributed by atoms with Gasteiger partial charge in [-0.2, -0.15) is 0 Å². The van der Waals surface area contributed by atoms with Crippen molar-refractivity contribution in [3.05, 3.63) is 23.3 Å². The summed E-state index contributed by atoms with van der Waals surface area (Å²) in [4.78, 5) is 24.8. The van der Waals surface area contributed by atoms with E-state index in [0.717, 1.165) is 11.1 Å². The number of nitrogens with zero attached hydrogens (tertiary/aromatic N) is 1. The Kier molecular flexibility index (Phi) is 4.59. The lowest BCUT2D eigenvalue weighted by Crippen LogP contribution is -2.39. The number of carbonyl (C=O) groups is 2. The molecular formula is C16H21NO5. The molecule has 120 valence electrons. The zero-order valence-electron chi connectivity index (χ0n) is 12.7. The summed E-state index contributed by atoms with van der Waals surface area (Å²) in [6.45, 7) is 4.14. The van der Waals surface area contributed by atoms with E-state index in [1.54, 1.807) is 11.8 Å². The van der Waals surface area contributed by atoms with Crippen molar-refractivity contribution in [2.24, 2.45) is 5.92 Å². The van der Waals surface area contributed by atoms with Gasteiger partial charge in [-0.25, -0.2) is 0 Å². The van der Waals surface area contributed by atoms with E-state index in [1.165, 1.54) is 12.1 Å². The highest BCUT2D eigenvalue weighted by molar-refractivity contribution is 5.78. The fraction of sp³-hybridized carbons (Fsp3) is 0.500. The topological polar surface area (TPSA) is 98.1 Å². The van der Waals surface area contributed by atoms with Crippen LogP contribution < -0.4 is 0 Å². The first kappa shape index (κ1) is 16.1. The van der Waals surface area contributed by atoms with E-state index >= 15 is 0 Å². The number of carboxylic acids is 1. The van der Waals surface area contributed by atoms with Crippen LogP contribution in [0.3, 0.4) is 0 Å². The number of hydrogen-bond donors (Lipinski definition) is 3. The summed E-state index contributed by atoms with van der Waals surface area (Å²) in [5, 5.41) is 28.0. The zero-order valence-corrected chi connectivity index (χ0v) is 12.7. The van der Waals surface area contributed by atoms with Crippen molar-refractivity contribution in [2.45, 2.75) is 39.2 Å². The van der Waals surface area contributed by atoms with E-state index in [9.17, 15) is 19.8 Å². The van der Waals surface area contributed by atoms with Gasteiger partial charge in [0.25, 0.3) is 0 Å². The molecule has 0 radical (unpaired) electrons. The number of rotatable bonds is 4. The van der Waals surface area contributed by atoms with E-state index in [4.69, 9.17) is 5.11 Å². The highest BCUT2D eigenvalue weighted by atomic mass is 16.4. The predicted octanol–water partition coefficient (Wildman–Crippen LogP) is 2.04. The van der Waals surface area contributed by atoms with Crippen LogP contribution in [0.25, 0.3) is 0 Å². The van der Waals surface area contributed by atoms with Crippen LogP contribution in [0.1, 0.15) is 43.9 Å². The average molecular weight is 307 g/mol. The predicted molar refractivity (Wildman–Crippen MR) is 79.6 cm³/mol. The van der Waals surface area contributed by atoms with Crippen LogP contribution in [0.15, 0.2) is 12.1 Å². The molecule has 0 fully saturated rings. The van der Waals surface area contributed by atoms with E-state index in [2.05, 4.69) is 0 Å². The molecule has 2 unspecified atom stereocenters. The van der Waals surface area contributed by atoms with Gasteiger partial charge < -0.3 is 20.2 Å². The Morgan fingerprint density at radius 3 is 2.55 bits per heavy atom. The number of phenolic OH excluding ortho intramolecular Hbond substituents is 2. The monoisotopic (exact) mass is 307 g/mol. The molecule has 0 saturated heterocycles. The zero-order chi connectivity index (χ0) is 16.4. The Morgan fingerprint density at radius 2 is 1.91 bits per heavy atom. The molecule has 6 nitrogen and oxygen atoms in total. The molecule has 0 aromatic heterocycles. The van der Waals surface area contributed by atoms with Crippen LogP contribution in [0.4, 0.5) is 0 Å². The third-order valence-corrected chi connectivity index (χ3v) is 4.14. The molecule has 1 aliphatic heterocycles. The fourth-order valence-corrected chi connectivity index (χ4v) is 2.97. The van der Waals surface area contributed by atoms with Gasteiger partial charge in [0.15, 0.2) is 11.5 Å². The number of aromatic hydroxyl groups is 2. The molecule has 1 heterocycles. The third-order valence-electron chi connectivity index (χ3n) is 4.14. The minimum absolute atomic E-state index is 0.0286. The summed E-state index contributed by atoms with van der Waals surface area (Å²) in [7, 11) is 0. The second-order valence-electron chi connectivity index (χ2n) is 5.96. The molecule has 2 atom stereocenters. The summed E-state index contributed by atoms with van der Waals surface area (Å²) >= 11 is 0. The van der Waals surface area contributed by atoms with Crippen LogP contribution in [0, 0.1) is 5.92 Å². The van der Waals surface area contributed by atoms with Crippen molar-refractivity contribution in [1.82, 2.24) is 4.90 Å². The van der Waals surface area contributed by atoms with Gasteiger partial charge in [-0.05, 0) is 42.5 Å². The number of benzene rings is 1. The minimum Gasteiger partial charge on any atom is -0.504 e. The van der Waals surface area contributed by atoms with Gasteiger partial charge in [0.2, 0.25) is 5.91 Å². The van der Waals surface area contributed by atoms with E-state index < -0.39 is 5.97 Å². The SMILES string of the molecule is CC(CC(=O)O)CC(=O)N1CCc2cc(O)c(O)cc2C1C. The standard InChI is InChI=1S/C16H21NO5/c1-9(6-16(21)22)5-15(20)17-4-3-11-7-13(18)14(19)8-12(11)10(17)2/h7-10,18-19H,3-6H2,1-2H3,(H,21,22). The maximum Gasteiger partial charge on any atom is 0.303 e. The molecule has 0 aliphatic carbocycles. The Morgan fingerprint density at radius 1 is 1.27 bits per heavy atom. The van der Waals surface area contributed by atoms with E-state index in [1.807, 2.05) is 6.92 Å². The van der Waals surface area contributed by atoms with Gasteiger partial charge in [0.05, 0.1) is 6.04 Å². The van der Waals surface area contributed by atoms with Crippen molar-refractivity contribution in [1.29, 1.82) is 0 Å². The smallest absolute Gasteiger partial charge is 0.303 e. The van der Waals surface area contributed by atoms with Crippen molar-refractivity contribution in [3.63, 3.8) is 0 Å². The normalized spacial score (nSPS) is 18.6. The number of aliphatic carboxylic acids is 1. The van der Waals surface area contributed by atoms with Crippen LogP contribution in [-0.2, 0) is 16.0 Å². The van der Waals surface area contributed by atoms with Crippen LogP contribution in [-0.4, -0.2) is 38.6 Å². The molecule has 2 rings (SSSR count). The third kappa shape index (κ3) is 3.32. The maximum absolute atomic E-state index is 12.4. The maximum atomic E-state index is 12.4. The largest absolute Gasteiger partial charge is 0.504 e. The van der Waals surface area contributed by atoms with Crippen molar-refractivity contribution in [3.8, 4) is 11.5 Å². The number of phenols is 2. The first-order valence-corrected chi connectivity index (χ1v) is 7.35.